The topological polar surface area (TPSA) is 249 Å². The Hall–Kier alpha value is -4.79. The van der Waals surface area contributed by atoms with Gasteiger partial charge in [0.1, 0.15) is 18.1 Å². The summed E-state index contributed by atoms with van der Waals surface area (Å²) in [5.41, 5.74) is 11.8. The molecule has 0 fully saturated rings. The molecule has 0 aliphatic carbocycles. The van der Waals surface area contributed by atoms with Crippen LogP contribution in [0.5, 0.6) is 0 Å². The van der Waals surface area contributed by atoms with Gasteiger partial charge in [-0.2, -0.15) is 0 Å². The average molecular weight is 675 g/mol. The van der Waals surface area contributed by atoms with Gasteiger partial charge in [0, 0.05) is 31.4 Å². The Kier molecular flexibility index (Phi) is 18.2. The summed E-state index contributed by atoms with van der Waals surface area (Å²) in [6.45, 7) is 7.07. The van der Waals surface area contributed by atoms with Gasteiger partial charge in [-0.1, -0.05) is 64.1 Å². The maximum absolute atomic E-state index is 13.7. The number of benzene rings is 1. The number of amides is 5. The van der Waals surface area contributed by atoms with Gasteiger partial charge in [0.05, 0.1) is 13.2 Å². The molecular formula is C33H50N6O9. The largest absolute Gasteiger partial charge is 0.481 e. The van der Waals surface area contributed by atoms with Crippen LogP contribution in [0.2, 0.25) is 0 Å². The normalized spacial score (nSPS) is 14.3. The Morgan fingerprint density at radius 2 is 1.42 bits per heavy atom. The fourth-order valence-electron chi connectivity index (χ4n) is 4.56. The first kappa shape index (κ1) is 41.2. The number of hydrogen-bond acceptors (Lipinski definition) is 9. The molecule has 5 atom stereocenters. The number of rotatable bonds is 21. The standard InChI is InChI=1S/C33H50N6O9/c1-19(2)17-24(38-33(47)29(20(3)4)39-30(44)23(34)13-15-27(41)42)32(46)37-25(18-21-9-7-6-8-10-21)31(45)36-22(11-14-26(35)40)12-16-28(43)48-5/h6-10,12,16,19-20,22-25,29H,11,13-15,17-18,34H2,1-5H3,(H2,35,40)(H,36,45)(H,37,46)(H,38,47)(H,39,44)(H,41,42)/b16-12+/t22-,23-,24-,25-,29-/m0/s1. The molecule has 1 rings (SSSR count). The fraction of sp³-hybridized carbons (Fsp3) is 0.545. The highest BCUT2D eigenvalue weighted by Gasteiger charge is 2.32. The first-order chi connectivity index (χ1) is 22.5. The summed E-state index contributed by atoms with van der Waals surface area (Å²) in [7, 11) is 1.19. The van der Waals surface area contributed by atoms with Crippen LogP contribution < -0.4 is 32.7 Å². The fourth-order valence-corrected chi connectivity index (χ4v) is 4.56. The van der Waals surface area contributed by atoms with Gasteiger partial charge in [-0.05, 0) is 36.7 Å². The molecule has 1 aromatic rings. The predicted molar refractivity (Wildman–Crippen MR) is 177 cm³/mol. The molecular weight excluding hydrogens is 624 g/mol. The number of nitrogens with one attached hydrogen (secondary N) is 4. The third-order valence-electron chi connectivity index (χ3n) is 7.20. The van der Waals surface area contributed by atoms with Crippen molar-refractivity contribution in [1.29, 1.82) is 0 Å². The zero-order valence-corrected chi connectivity index (χ0v) is 28.2. The van der Waals surface area contributed by atoms with Crippen LogP contribution in [0.1, 0.15) is 65.4 Å². The summed E-state index contributed by atoms with van der Waals surface area (Å²) in [4.78, 5) is 87.5. The minimum atomic E-state index is -1.16. The van der Waals surface area contributed by atoms with Crippen LogP contribution in [-0.4, -0.2) is 83.9 Å². The maximum atomic E-state index is 13.7. The Morgan fingerprint density at radius 3 is 1.96 bits per heavy atom. The summed E-state index contributed by atoms with van der Waals surface area (Å²) in [6.07, 6.45) is 2.27. The number of carbonyl (C=O) groups excluding carboxylic acids is 6. The molecule has 0 spiro atoms. The number of carboxylic acid groups (broad SMARTS) is 1. The summed E-state index contributed by atoms with van der Waals surface area (Å²) in [5.74, 6) is -5.52. The van der Waals surface area contributed by atoms with Crippen molar-refractivity contribution in [3.8, 4) is 0 Å². The molecule has 5 amide bonds. The van der Waals surface area contributed by atoms with Crippen molar-refractivity contribution in [3.63, 3.8) is 0 Å². The number of esters is 1. The van der Waals surface area contributed by atoms with Crippen LogP contribution >= 0.6 is 0 Å². The van der Waals surface area contributed by atoms with Crippen LogP contribution in [0.25, 0.3) is 0 Å². The van der Waals surface area contributed by atoms with Crippen molar-refractivity contribution >= 4 is 41.5 Å². The number of carbonyl (C=O) groups is 7. The number of nitrogens with two attached hydrogens (primary N) is 2. The van der Waals surface area contributed by atoms with Crippen molar-refractivity contribution in [2.45, 2.75) is 96.4 Å². The predicted octanol–water partition coefficient (Wildman–Crippen LogP) is 0.0572. The highest BCUT2D eigenvalue weighted by Crippen LogP contribution is 2.11. The molecule has 0 heterocycles. The second kappa shape index (κ2) is 21.2. The zero-order valence-electron chi connectivity index (χ0n) is 28.2. The lowest BCUT2D eigenvalue weighted by atomic mass is 9.98. The second-order valence-corrected chi connectivity index (χ2v) is 12.2. The van der Waals surface area contributed by atoms with Crippen molar-refractivity contribution in [2.24, 2.45) is 23.3 Å². The molecule has 1 aromatic carbocycles. The molecule has 15 heteroatoms. The Bertz CT molecular complexity index is 1290. The van der Waals surface area contributed by atoms with Crippen LogP contribution in [-0.2, 0) is 44.7 Å². The van der Waals surface area contributed by atoms with Gasteiger partial charge in [-0.3, -0.25) is 28.8 Å². The van der Waals surface area contributed by atoms with Crippen molar-refractivity contribution in [3.05, 3.63) is 48.0 Å². The molecule has 48 heavy (non-hydrogen) atoms. The quantitative estimate of drug-likeness (QED) is 0.0682. The SMILES string of the molecule is COC(=O)/C=C/[C@H](CCC(N)=O)NC(=O)[C@H](Cc1ccccc1)NC(=O)[C@H](CC(C)C)NC(=O)[C@@H](NC(=O)[C@@H](N)CCC(=O)O)C(C)C. The minimum Gasteiger partial charge on any atom is -0.481 e. The van der Waals surface area contributed by atoms with E-state index in [4.69, 9.17) is 16.6 Å². The van der Waals surface area contributed by atoms with Gasteiger partial charge in [-0.25, -0.2) is 4.79 Å². The van der Waals surface area contributed by atoms with Crippen molar-refractivity contribution in [1.82, 2.24) is 21.3 Å². The average Bonchev–Trinajstić information content (AvgIpc) is 3.02. The first-order valence-electron chi connectivity index (χ1n) is 15.8. The molecule has 9 N–H and O–H groups in total. The van der Waals surface area contributed by atoms with Crippen LogP contribution in [0.3, 0.4) is 0 Å². The van der Waals surface area contributed by atoms with Gasteiger partial charge >= 0.3 is 11.9 Å². The lowest BCUT2D eigenvalue weighted by Crippen LogP contribution is -2.59. The van der Waals surface area contributed by atoms with Gasteiger partial charge < -0.3 is 42.6 Å². The highest BCUT2D eigenvalue weighted by molar-refractivity contribution is 5.95. The van der Waals surface area contributed by atoms with E-state index >= 15 is 0 Å². The lowest BCUT2D eigenvalue weighted by Gasteiger charge is -2.28. The molecule has 0 aliphatic heterocycles. The third kappa shape index (κ3) is 16.2. The van der Waals surface area contributed by atoms with E-state index in [1.165, 1.54) is 13.2 Å². The van der Waals surface area contributed by atoms with E-state index in [1.54, 1.807) is 44.2 Å². The van der Waals surface area contributed by atoms with E-state index in [2.05, 4.69) is 26.0 Å². The van der Waals surface area contributed by atoms with Gasteiger partial charge in [0.25, 0.3) is 0 Å². The second-order valence-electron chi connectivity index (χ2n) is 12.2. The molecule has 0 aromatic heterocycles. The Morgan fingerprint density at radius 1 is 0.812 bits per heavy atom. The summed E-state index contributed by atoms with van der Waals surface area (Å²) in [6, 6.07) is 3.61. The van der Waals surface area contributed by atoms with E-state index in [0.717, 1.165) is 11.6 Å². The third-order valence-corrected chi connectivity index (χ3v) is 7.20. The molecule has 0 unspecified atom stereocenters. The Balaban J connectivity index is 3.26. The van der Waals surface area contributed by atoms with Gasteiger partial charge in [-0.15, -0.1) is 0 Å². The molecule has 266 valence electrons. The molecule has 15 nitrogen and oxygen atoms in total. The van der Waals surface area contributed by atoms with Crippen molar-refractivity contribution in [2.75, 3.05) is 7.11 Å². The van der Waals surface area contributed by atoms with E-state index < -0.39 is 77.6 Å². The minimum absolute atomic E-state index is 0.0689. The van der Waals surface area contributed by atoms with Gasteiger partial charge in [0.15, 0.2) is 0 Å². The number of ether oxygens (including phenoxy) is 1. The van der Waals surface area contributed by atoms with E-state index in [-0.39, 0.29) is 44.4 Å². The smallest absolute Gasteiger partial charge is 0.330 e. The number of hydrogen-bond donors (Lipinski definition) is 7. The zero-order chi connectivity index (χ0) is 36.4. The maximum Gasteiger partial charge on any atom is 0.330 e. The molecule has 0 aliphatic rings. The lowest BCUT2D eigenvalue weighted by molar-refractivity contribution is -0.138. The molecule has 0 saturated carbocycles. The van der Waals surface area contributed by atoms with E-state index in [9.17, 15) is 33.6 Å². The van der Waals surface area contributed by atoms with Crippen LogP contribution in [0.4, 0.5) is 0 Å². The van der Waals surface area contributed by atoms with Crippen molar-refractivity contribution < 1.29 is 43.4 Å². The summed E-state index contributed by atoms with van der Waals surface area (Å²) in [5, 5.41) is 19.6. The first-order valence-corrected chi connectivity index (χ1v) is 15.8. The monoisotopic (exact) mass is 674 g/mol. The van der Waals surface area contributed by atoms with E-state index in [1.807, 2.05) is 13.8 Å². The summed E-state index contributed by atoms with van der Waals surface area (Å²) < 4.78 is 4.61. The number of aliphatic carboxylic acids is 1. The van der Waals surface area contributed by atoms with E-state index in [0.29, 0.717) is 0 Å². The number of methoxy groups -OCH3 is 1. The molecule has 0 saturated heterocycles. The highest BCUT2D eigenvalue weighted by atomic mass is 16.5. The molecule has 0 radical (unpaired) electrons. The Labute approximate surface area is 281 Å². The molecule has 0 bridgehead atoms. The number of primary amides is 1. The van der Waals surface area contributed by atoms with Crippen LogP contribution in [0, 0.1) is 11.8 Å². The summed E-state index contributed by atoms with van der Waals surface area (Å²) >= 11 is 0. The van der Waals surface area contributed by atoms with Crippen LogP contribution in [0.15, 0.2) is 42.5 Å². The number of carboxylic acids is 1. The van der Waals surface area contributed by atoms with Gasteiger partial charge in [0.2, 0.25) is 29.5 Å².